The van der Waals surface area contributed by atoms with E-state index in [1.54, 1.807) is 0 Å². The molecular formula is C35H45O4P. The Morgan fingerprint density at radius 3 is 1.40 bits per heavy atom. The molecule has 0 heterocycles. The van der Waals surface area contributed by atoms with Gasteiger partial charge in [-0.3, -0.25) is 0 Å². The molecule has 2 N–H and O–H groups in total. The number of hydrogen-bond acceptors (Lipinski definition) is 4. The molecule has 2 unspecified atom stereocenters. The number of aliphatic hydroxyl groups excluding tert-OH is 2. The topological polar surface area (TPSA) is 58.9 Å². The van der Waals surface area contributed by atoms with Crippen molar-refractivity contribution in [1.29, 1.82) is 0 Å². The van der Waals surface area contributed by atoms with Gasteiger partial charge in [-0.05, 0) is 0 Å². The van der Waals surface area contributed by atoms with E-state index in [1.165, 1.54) is 30.1 Å². The Hall–Kier alpha value is -2.91. The number of aliphatic hydroxyl groups is 2. The molecule has 1 aliphatic carbocycles. The summed E-state index contributed by atoms with van der Waals surface area (Å²) in [6.07, 6.45) is -0.152. The van der Waals surface area contributed by atoms with Gasteiger partial charge < -0.3 is 0 Å². The summed E-state index contributed by atoms with van der Waals surface area (Å²) >= 11 is 0. The quantitative estimate of drug-likeness (QED) is 0.246. The molecule has 0 bridgehead atoms. The van der Waals surface area contributed by atoms with Crippen LogP contribution >= 0.6 is 7.26 Å². The molecule has 3 aromatic rings. The van der Waals surface area contributed by atoms with E-state index in [-0.39, 0.29) is 16.9 Å². The molecule has 0 amide bonds. The van der Waals surface area contributed by atoms with Crippen molar-refractivity contribution in [2.45, 2.75) is 53.2 Å². The summed E-state index contributed by atoms with van der Waals surface area (Å²) in [4.78, 5) is 0. The molecule has 40 heavy (non-hydrogen) atoms. The maximum atomic E-state index is 11.5. The predicted molar refractivity (Wildman–Crippen MR) is 169 cm³/mol. The summed E-state index contributed by atoms with van der Waals surface area (Å²) in [6, 6.07) is 33.0. The third kappa shape index (κ3) is 5.63. The van der Waals surface area contributed by atoms with Gasteiger partial charge in [0.25, 0.3) is 0 Å². The number of benzene rings is 3. The van der Waals surface area contributed by atoms with Gasteiger partial charge >= 0.3 is 241 Å². The van der Waals surface area contributed by atoms with Crippen LogP contribution in [-0.4, -0.2) is 42.8 Å². The zero-order valence-corrected chi connectivity index (χ0v) is 25.9. The van der Waals surface area contributed by atoms with Crippen molar-refractivity contribution in [3.05, 3.63) is 114 Å². The second-order valence-corrected chi connectivity index (χ2v) is 16.3. The van der Waals surface area contributed by atoms with Crippen molar-refractivity contribution in [2.75, 3.05) is 20.4 Å². The molecule has 1 aliphatic rings. The summed E-state index contributed by atoms with van der Waals surface area (Å²) in [7, 11) is 0.536. The van der Waals surface area contributed by atoms with Crippen molar-refractivity contribution in [3.8, 4) is 0 Å². The average Bonchev–Trinajstić information content (AvgIpc) is 2.94. The van der Waals surface area contributed by atoms with Crippen molar-refractivity contribution >= 4 is 23.2 Å². The van der Waals surface area contributed by atoms with Gasteiger partial charge in [-0.25, -0.2) is 0 Å². The van der Waals surface area contributed by atoms with E-state index < -0.39 is 24.9 Å². The summed E-state index contributed by atoms with van der Waals surface area (Å²) in [5, 5.41) is 26.7. The number of methoxy groups -OCH3 is 2. The SMILES string of the molecule is COC1=C(OC)C(O)C(C(C)(C)CC(C)(C)C[PH](c2ccccc2)(c2ccccc2)c2ccccc2)=C(C)C1O. The zero-order valence-electron chi connectivity index (χ0n) is 24.9. The maximum absolute atomic E-state index is 11.5. The van der Waals surface area contributed by atoms with Gasteiger partial charge in [-0.1, -0.05) is 0 Å². The van der Waals surface area contributed by atoms with Crippen LogP contribution in [0.3, 0.4) is 0 Å². The number of rotatable bonds is 10. The van der Waals surface area contributed by atoms with E-state index in [9.17, 15) is 10.2 Å². The van der Waals surface area contributed by atoms with E-state index in [1.807, 2.05) is 6.92 Å². The summed E-state index contributed by atoms with van der Waals surface area (Å²) in [5.74, 6) is 0.554. The fourth-order valence-corrected chi connectivity index (χ4v) is 12.8. The normalized spacial score (nSPS) is 19.0. The number of ether oxygens (including phenoxy) is 2. The molecule has 0 aromatic heterocycles. The van der Waals surface area contributed by atoms with Gasteiger partial charge in [0.1, 0.15) is 0 Å². The molecular weight excluding hydrogens is 515 g/mol. The monoisotopic (exact) mass is 560 g/mol. The van der Waals surface area contributed by atoms with E-state index in [0.717, 1.165) is 23.7 Å². The fourth-order valence-electron chi connectivity index (χ4n) is 7.33. The molecule has 2 atom stereocenters. The van der Waals surface area contributed by atoms with Crippen molar-refractivity contribution < 1.29 is 19.7 Å². The second-order valence-electron chi connectivity index (χ2n) is 12.4. The first kappa shape index (κ1) is 30.1. The summed E-state index contributed by atoms with van der Waals surface area (Å²) in [6.45, 7) is 10.9. The molecule has 0 aliphatic heterocycles. The molecule has 214 valence electrons. The van der Waals surface area contributed by atoms with Crippen molar-refractivity contribution in [2.24, 2.45) is 10.8 Å². The minimum absolute atomic E-state index is 0.131. The van der Waals surface area contributed by atoms with Gasteiger partial charge in [0.05, 0.1) is 0 Å². The molecule has 5 heteroatoms. The molecule has 0 fully saturated rings. The van der Waals surface area contributed by atoms with Gasteiger partial charge in [-0.15, -0.1) is 0 Å². The first-order valence-electron chi connectivity index (χ1n) is 14.0. The van der Waals surface area contributed by atoms with E-state index in [4.69, 9.17) is 9.47 Å². The van der Waals surface area contributed by atoms with Crippen LogP contribution in [0.4, 0.5) is 0 Å². The molecule has 0 saturated heterocycles. The predicted octanol–water partition coefficient (Wildman–Crippen LogP) is 5.71. The minimum atomic E-state index is -2.48. The van der Waals surface area contributed by atoms with Crippen LogP contribution in [0, 0.1) is 10.8 Å². The Kier molecular flexibility index (Phi) is 8.95. The van der Waals surface area contributed by atoms with Crippen LogP contribution in [0.5, 0.6) is 0 Å². The fraction of sp³-hybridized carbons (Fsp3) is 0.371. The van der Waals surface area contributed by atoms with Crippen LogP contribution in [0.25, 0.3) is 0 Å². The van der Waals surface area contributed by atoms with Crippen LogP contribution in [0.1, 0.15) is 41.0 Å². The van der Waals surface area contributed by atoms with E-state index in [2.05, 4.69) is 119 Å². The van der Waals surface area contributed by atoms with E-state index in [0.29, 0.717) is 0 Å². The Balaban J connectivity index is 1.82. The molecule has 4 nitrogen and oxygen atoms in total. The second kappa shape index (κ2) is 11.9. The van der Waals surface area contributed by atoms with Gasteiger partial charge in [0, 0.05) is 0 Å². The molecule has 4 rings (SSSR count). The van der Waals surface area contributed by atoms with E-state index >= 15 is 0 Å². The molecule has 3 aromatic carbocycles. The summed E-state index contributed by atoms with van der Waals surface area (Å²) in [5.41, 5.74) is 0.968. The first-order chi connectivity index (χ1) is 19.0. The van der Waals surface area contributed by atoms with Crippen molar-refractivity contribution in [1.82, 2.24) is 0 Å². The average molecular weight is 561 g/mol. The Morgan fingerprint density at radius 1 is 0.650 bits per heavy atom. The molecule has 0 saturated carbocycles. The summed E-state index contributed by atoms with van der Waals surface area (Å²) < 4.78 is 11.0. The van der Waals surface area contributed by atoms with Crippen LogP contribution in [-0.2, 0) is 9.47 Å². The molecule has 0 spiro atoms. The Bertz CT molecular complexity index is 1250. The third-order valence-corrected chi connectivity index (χ3v) is 13.9. The first-order valence-corrected chi connectivity index (χ1v) is 16.2. The third-order valence-electron chi connectivity index (χ3n) is 8.48. The van der Waals surface area contributed by atoms with Gasteiger partial charge in [0.2, 0.25) is 0 Å². The van der Waals surface area contributed by atoms with Gasteiger partial charge in [-0.2, -0.15) is 0 Å². The Labute approximate surface area is 240 Å². The standard InChI is InChI=1S/C35H45O4P/c1-25-29(31(37)33(39-7)32(38-6)30(25)36)35(4,5)23-34(2,3)24-40(26-17-11-8-12-18-26,27-19-13-9-14-20-27)28-21-15-10-16-22-28/h8-22,30-31,36-37,40H,23-24H2,1-7H3. The van der Waals surface area contributed by atoms with Crippen LogP contribution < -0.4 is 15.9 Å². The van der Waals surface area contributed by atoms with Crippen LogP contribution in [0.2, 0.25) is 0 Å². The van der Waals surface area contributed by atoms with Crippen molar-refractivity contribution in [3.63, 3.8) is 0 Å². The van der Waals surface area contributed by atoms with Crippen LogP contribution in [0.15, 0.2) is 114 Å². The molecule has 0 radical (unpaired) electrons. The Morgan fingerprint density at radius 2 is 1.02 bits per heavy atom. The number of hydrogen-bond donors (Lipinski definition) is 2. The van der Waals surface area contributed by atoms with Gasteiger partial charge in [0.15, 0.2) is 0 Å². The zero-order chi connectivity index (χ0) is 29.1.